The zero-order valence-electron chi connectivity index (χ0n) is 22.9. The summed E-state index contributed by atoms with van der Waals surface area (Å²) in [5.74, 6) is 0.954. The molecule has 0 amide bonds. The Kier molecular flexibility index (Phi) is 10.1. The first kappa shape index (κ1) is 27.5. The summed E-state index contributed by atoms with van der Waals surface area (Å²) in [6.45, 7) is 2.28. The Bertz CT molecular complexity index is 1290. The molecule has 0 radical (unpaired) electrons. The van der Waals surface area contributed by atoms with Crippen molar-refractivity contribution in [1.82, 2.24) is 9.97 Å². The van der Waals surface area contributed by atoms with Crippen LogP contribution in [0.25, 0.3) is 43.4 Å². The van der Waals surface area contributed by atoms with E-state index in [-0.39, 0.29) is 0 Å². The fourth-order valence-corrected chi connectivity index (χ4v) is 6.46. The lowest BCUT2D eigenvalue weighted by molar-refractivity contribution is 0.562. The molecule has 0 unspecified atom stereocenters. The number of nitrogens with zero attached hydrogens (tertiary/aromatic N) is 2. The maximum Gasteiger partial charge on any atom is 0.129 e. The SMILES string of the molecule is CCCCCCCCCCCc1nc(-c2ccc(-c3cccs3)cc2)cc(-c2ccc(-c3cccs3)cc2)n1. The largest absolute Gasteiger partial charge is 0.233 e. The van der Waals surface area contributed by atoms with E-state index in [9.17, 15) is 0 Å². The molecule has 3 heterocycles. The summed E-state index contributed by atoms with van der Waals surface area (Å²) in [7, 11) is 0. The summed E-state index contributed by atoms with van der Waals surface area (Å²) < 4.78 is 0. The lowest BCUT2D eigenvalue weighted by Gasteiger charge is -2.10. The third-order valence-electron chi connectivity index (χ3n) is 7.25. The van der Waals surface area contributed by atoms with Gasteiger partial charge in [-0.3, -0.25) is 0 Å². The van der Waals surface area contributed by atoms with Crippen LogP contribution in [0.2, 0.25) is 0 Å². The summed E-state index contributed by atoms with van der Waals surface area (Å²) in [4.78, 5) is 12.7. The predicted octanol–water partition coefficient (Wildman–Crippen LogP) is 11.3. The van der Waals surface area contributed by atoms with Gasteiger partial charge in [-0.05, 0) is 46.5 Å². The molecule has 5 aromatic rings. The van der Waals surface area contributed by atoms with E-state index in [4.69, 9.17) is 9.97 Å². The van der Waals surface area contributed by atoms with Crippen LogP contribution in [-0.2, 0) is 6.42 Å². The van der Waals surface area contributed by atoms with Crippen LogP contribution in [-0.4, -0.2) is 9.97 Å². The third kappa shape index (κ3) is 7.74. The van der Waals surface area contributed by atoms with Crippen LogP contribution in [0.15, 0.2) is 89.6 Å². The van der Waals surface area contributed by atoms with Gasteiger partial charge in [0.1, 0.15) is 5.82 Å². The summed E-state index contributed by atoms with van der Waals surface area (Å²) in [5, 5.41) is 4.25. The molecule has 0 atom stereocenters. The van der Waals surface area contributed by atoms with Crippen LogP contribution in [0, 0.1) is 0 Å². The average molecular weight is 551 g/mol. The van der Waals surface area contributed by atoms with Crippen molar-refractivity contribution in [3.05, 3.63) is 95.4 Å². The quantitative estimate of drug-likeness (QED) is 0.128. The van der Waals surface area contributed by atoms with Gasteiger partial charge in [0.05, 0.1) is 11.4 Å². The zero-order chi connectivity index (χ0) is 26.7. The van der Waals surface area contributed by atoms with Gasteiger partial charge in [-0.1, -0.05) is 119 Å². The monoisotopic (exact) mass is 550 g/mol. The molecule has 0 saturated carbocycles. The number of aromatic nitrogens is 2. The highest BCUT2D eigenvalue weighted by atomic mass is 32.1. The number of aryl methyl sites for hydroxylation is 1. The fourth-order valence-electron chi connectivity index (χ4n) is 4.99. The van der Waals surface area contributed by atoms with Gasteiger partial charge in [0, 0.05) is 27.3 Å². The summed E-state index contributed by atoms with van der Waals surface area (Å²) >= 11 is 3.55. The third-order valence-corrected chi connectivity index (χ3v) is 9.09. The maximum atomic E-state index is 5.04. The van der Waals surface area contributed by atoms with Crippen LogP contribution >= 0.6 is 22.7 Å². The molecule has 0 aliphatic rings. The molecule has 200 valence electrons. The Labute approximate surface area is 241 Å². The van der Waals surface area contributed by atoms with Crippen molar-refractivity contribution in [3.63, 3.8) is 0 Å². The highest BCUT2D eigenvalue weighted by Crippen LogP contribution is 2.31. The van der Waals surface area contributed by atoms with Crippen molar-refractivity contribution in [2.24, 2.45) is 0 Å². The summed E-state index contributed by atoms with van der Waals surface area (Å²) in [6, 6.07) is 28.3. The number of unbranched alkanes of at least 4 members (excludes halogenated alkanes) is 8. The number of hydrogen-bond acceptors (Lipinski definition) is 4. The first-order chi connectivity index (χ1) is 19.3. The number of benzene rings is 2. The van der Waals surface area contributed by atoms with E-state index in [1.807, 2.05) is 0 Å². The van der Waals surface area contributed by atoms with Crippen molar-refractivity contribution in [2.45, 2.75) is 71.1 Å². The van der Waals surface area contributed by atoms with Gasteiger partial charge in [-0.2, -0.15) is 0 Å². The minimum absolute atomic E-state index is 0.928. The number of rotatable bonds is 14. The second-order valence-electron chi connectivity index (χ2n) is 10.2. The Morgan fingerprint density at radius 1 is 0.513 bits per heavy atom. The van der Waals surface area contributed by atoms with Crippen LogP contribution in [0.4, 0.5) is 0 Å². The average Bonchev–Trinajstić information content (AvgIpc) is 3.72. The van der Waals surface area contributed by atoms with Crippen LogP contribution in [0.3, 0.4) is 0 Å². The molecule has 0 fully saturated rings. The highest BCUT2D eigenvalue weighted by molar-refractivity contribution is 7.13. The Morgan fingerprint density at radius 3 is 1.38 bits per heavy atom. The van der Waals surface area contributed by atoms with E-state index in [1.165, 1.54) is 72.2 Å². The lowest BCUT2D eigenvalue weighted by Crippen LogP contribution is -2.00. The molecule has 0 N–H and O–H groups in total. The molecule has 4 heteroatoms. The minimum Gasteiger partial charge on any atom is -0.233 e. The molecule has 5 rings (SSSR count). The van der Waals surface area contributed by atoms with Crippen molar-refractivity contribution in [3.8, 4) is 43.4 Å². The Hall–Kier alpha value is -3.08. The number of hydrogen-bond donors (Lipinski definition) is 0. The molecule has 0 aliphatic heterocycles. The molecule has 0 aliphatic carbocycles. The van der Waals surface area contributed by atoms with Crippen molar-refractivity contribution in [2.75, 3.05) is 0 Å². The van der Waals surface area contributed by atoms with Gasteiger partial charge in [-0.15, -0.1) is 22.7 Å². The first-order valence-corrected chi connectivity index (χ1v) is 16.2. The normalized spacial score (nSPS) is 11.2. The summed E-state index contributed by atoms with van der Waals surface area (Å²) in [5.41, 5.74) is 6.80. The second-order valence-corrected chi connectivity index (χ2v) is 12.1. The molecule has 0 spiro atoms. The van der Waals surface area contributed by atoms with E-state index < -0.39 is 0 Å². The van der Waals surface area contributed by atoms with Crippen LogP contribution in [0.5, 0.6) is 0 Å². The zero-order valence-corrected chi connectivity index (χ0v) is 24.6. The van der Waals surface area contributed by atoms with Gasteiger partial charge in [0.25, 0.3) is 0 Å². The predicted molar refractivity (Wildman–Crippen MR) is 170 cm³/mol. The molecule has 3 aromatic heterocycles. The smallest absolute Gasteiger partial charge is 0.129 e. The van der Waals surface area contributed by atoms with Crippen LogP contribution < -0.4 is 0 Å². The molecular weight excluding hydrogens is 513 g/mol. The molecule has 2 aromatic carbocycles. The standard InChI is InChI=1S/C35H38N2S2/c1-2-3-4-5-6-7-8-9-10-15-35-36-31(27-16-20-29(21-17-27)33-13-11-24-38-33)26-32(37-35)28-18-22-30(23-19-28)34-14-12-25-39-34/h11-14,16-26H,2-10,15H2,1H3. The van der Waals surface area contributed by atoms with Gasteiger partial charge in [-0.25, -0.2) is 9.97 Å². The van der Waals surface area contributed by atoms with E-state index >= 15 is 0 Å². The fraction of sp³-hybridized carbons (Fsp3) is 0.314. The van der Waals surface area contributed by atoms with Gasteiger partial charge in [0.15, 0.2) is 0 Å². The Morgan fingerprint density at radius 2 is 0.949 bits per heavy atom. The van der Waals surface area contributed by atoms with E-state index in [1.54, 1.807) is 22.7 Å². The lowest BCUT2D eigenvalue weighted by atomic mass is 10.0. The molecule has 2 nitrogen and oxygen atoms in total. The molecule has 0 saturated heterocycles. The van der Waals surface area contributed by atoms with Gasteiger partial charge in [0.2, 0.25) is 0 Å². The summed E-state index contributed by atoms with van der Waals surface area (Å²) in [6.07, 6.45) is 12.8. The second kappa shape index (κ2) is 14.3. The maximum absolute atomic E-state index is 5.04. The van der Waals surface area contributed by atoms with Crippen molar-refractivity contribution < 1.29 is 0 Å². The minimum atomic E-state index is 0.928. The molecule has 0 bridgehead atoms. The first-order valence-electron chi connectivity index (χ1n) is 14.5. The van der Waals surface area contributed by atoms with Crippen molar-refractivity contribution in [1.29, 1.82) is 0 Å². The van der Waals surface area contributed by atoms with Gasteiger partial charge < -0.3 is 0 Å². The highest BCUT2D eigenvalue weighted by Gasteiger charge is 2.10. The van der Waals surface area contributed by atoms with E-state index in [0.29, 0.717) is 0 Å². The van der Waals surface area contributed by atoms with E-state index in [0.717, 1.165) is 41.2 Å². The molecular formula is C35H38N2S2. The topological polar surface area (TPSA) is 25.8 Å². The van der Waals surface area contributed by atoms with E-state index in [2.05, 4.69) is 96.5 Å². The molecule has 39 heavy (non-hydrogen) atoms. The number of thiophene rings is 2. The van der Waals surface area contributed by atoms with Crippen LogP contribution in [0.1, 0.15) is 70.5 Å². The van der Waals surface area contributed by atoms with Gasteiger partial charge >= 0.3 is 0 Å². The Balaban J connectivity index is 1.31. The van der Waals surface area contributed by atoms with Crippen molar-refractivity contribution >= 4 is 22.7 Å².